The molecular formula is C8H12S. The van der Waals surface area contributed by atoms with Gasteiger partial charge in [0.15, 0.2) is 0 Å². The van der Waals surface area contributed by atoms with Crippen LogP contribution >= 0.6 is 11.8 Å². The lowest BCUT2D eigenvalue weighted by atomic mass is 10.3. The summed E-state index contributed by atoms with van der Waals surface area (Å²) in [5, 5.41) is 0. The second kappa shape index (κ2) is 3.78. The summed E-state index contributed by atoms with van der Waals surface area (Å²) in [4.78, 5) is 0. The lowest BCUT2D eigenvalue weighted by Crippen LogP contribution is -1.79. The van der Waals surface area contributed by atoms with Gasteiger partial charge in [0.25, 0.3) is 0 Å². The Kier molecular flexibility index (Phi) is 2.92. The first-order valence-electron chi connectivity index (χ1n) is 3.37. The molecule has 0 amide bonds. The number of hydrogen-bond acceptors (Lipinski definition) is 1. The molecule has 9 heavy (non-hydrogen) atoms. The molecule has 0 aromatic carbocycles. The molecule has 1 aliphatic rings. The van der Waals surface area contributed by atoms with Crippen molar-refractivity contribution in [2.75, 3.05) is 11.5 Å². The van der Waals surface area contributed by atoms with E-state index in [-0.39, 0.29) is 0 Å². The maximum atomic E-state index is 2.29. The van der Waals surface area contributed by atoms with Gasteiger partial charge in [-0.25, -0.2) is 0 Å². The molecule has 0 saturated heterocycles. The van der Waals surface area contributed by atoms with Crippen LogP contribution in [0, 0.1) is 0 Å². The second-order valence-corrected chi connectivity index (χ2v) is 3.33. The Labute approximate surface area is 61.0 Å². The van der Waals surface area contributed by atoms with Crippen LogP contribution in [0.4, 0.5) is 0 Å². The molecule has 0 nitrogen and oxygen atoms in total. The molecule has 0 saturated carbocycles. The fourth-order valence-corrected chi connectivity index (χ4v) is 1.49. The van der Waals surface area contributed by atoms with Gasteiger partial charge in [-0.05, 0) is 17.7 Å². The largest absolute Gasteiger partial charge is 0.158 e. The summed E-state index contributed by atoms with van der Waals surface area (Å²) in [5.74, 6) is 2.43. The van der Waals surface area contributed by atoms with Crippen molar-refractivity contribution in [3.05, 3.63) is 23.8 Å². The van der Waals surface area contributed by atoms with Gasteiger partial charge in [-0.2, -0.15) is 11.8 Å². The molecule has 0 atom stereocenters. The molecule has 50 valence electrons. The van der Waals surface area contributed by atoms with Crippen molar-refractivity contribution in [3.8, 4) is 0 Å². The molecule has 0 radical (unpaired) electrons. The van der Waals surface area contributed by atoms with E-state index in [2.05, 4.69) is 25.2 Å². The third-order valence-corrected chi connectivity index (χ3v) is 2.27. The maximum Gasteiger partial charge on any atom is 0.0181 e. The Morgan fingerprint density at radius 2 is 2.56 bits per heavy atom. The molecule has 1 aliphatic carbocycles. The molecule has 0 spiro atoms. The standard InChI is InChI=1S/C8H12S/c1-2-9-7-8-5-3-4-6-8/h3,5-6H,2,4,7H2,1H3. The van der Waals surface area contributed by atoms with Crippen LogP contribution in [0.25, 0.3) is 0 Å². The molecule has 1 rings (SSSR count). The third kappa shape index (κ3) is 2.27. The summed E-state index contributed by atoms with van der Waals surface area (Å²) in [5.41, 5.74) is 1.50. The van der Waals surface area contributed by atoms with Crippen LogP contribution in [0.5, 0.6) is 0 Å². The van der Waals surface area contributed by atoms with Crippen molar-refractivity contribution in [2.45, 2.75) is 13.3 Å². The van der Waals surface area contributed by atoms with Crippen LogP contribution < -0.4 is 0 Å². The highest BCUT2D eigenvalue weighted by Crippen LogP contribution is 2.14. The minimum Gasteiger partial charge on any atom is -0.158 e. The smallest absolute Gasteiger partial charge is 0.0181 e. The summed E-state index contributed by atoms with van der Waals surface area (Å²) in [6, 6.07) is 0. The minimum atomic E-state index is 1.15. The summed E-state index contributed by atoms with van der Waals surface area (Å²) in [6.45, 7) is 2.20. The van der Waals surface area contributed by atoms with Crippen LogP contribution in [0.2, 0.25) is 0 Å². The van der Waals surface area contributed by atoms with E-state index in [1.165, 1.54) is 17.1 Å². The number of hydrogen-bond donors (Lipinski definition) is 0. The van der Waals surface area contributed by atoms with E-state index in [0.717, 1.165) is 6.42 Å². The van der Waals surface area contributed by atoms with E-state index in [9.17, 15) is 0 Å². The SMILES string of the molecule is CCSCC1=CCC=C1. The zero-order valence-corrected chi connectivity index (χ0v) is 6.58. The highest BCUT2D eigenvalue weighted by atomic mass is 32.2. The summed E-state index contributed by atoms with van der Waals surface area (Å²) in [6.07, 6.45) is 7.89. The van der Waals surface area contributed by atoms with Crippen LogP contribution in [0.3, 0.4) is 0 Å². The predicted molar refractivity (Wildman–Crippen MR) is 44.8 cm³/mol. The average molecular weight is 140 g/mol. The molecule has 0 N–H and O–H groups in total. The monoisotopic (exact) mass is 140 g/mol. The highest BCUT2D eigenvalue weighted by Gasteiger charge is 1.94. The first-order chi connectivity index (χ1) is 4.43. The topological polar surface area (TPSA) is 0 Å². The lowest BCUT2D eigenvalue weighted by Gasteiger charge is -1.94. The van der Waals surface area contributed by atoms with Gasteiger partial charge < -0.3 is 0 Å². The predicted octanol–water partition coefficient (Wildman–Crippen LogP) is 2.63. The van der Waals surface area contributed by atoms with E-state index in [0.29, 0.717) is 0 Å². The van der Waals surface area contributed by atoms with E-state index in [1.54, 1.807) is 0 Å². The van der Waals surface area contributed by atoms with Crippen molar-refractivity contribution >= 4 is 11.8 Å². The van der Waals surface area contributed by atoms with Gasteiger partial charge in [0.1, 0.15) is 0 Å². The quantitative estimate of drug-likeness (QED) is 0.580. The molecule has 0 fully saturated rings. The molecule has 0 heterocycles. The van der Waals surface area contributed by atoms with Crippen molar-refractivity contribution in [1.82, 2.24) is 0 Å². The molecule has 0 aromatic rings. The Balaban J connectivity index is 2.19. The summed E-state index contributed by atoms with van der Waals surface area (Å²) in [7, 11) is 0. The first-order valence-corrected chi connectivity index (χ1v) is 4.52. The number of thioether (sulfide) groups is 1. The van der Waals surface area contributed by atoms with Gasteiger partial charge in [0, 0.05) is 5.75 Å². The number of rotatable bonds is 3. The van der Waals surface area contributed by atoms with Crippen molar-refractivity contribution in [2.24, 2.45) is 0 Å². The van der Waals surface area contributed by atoms with Crippen molar-refractivity contribution in [1.29, 1.82) is 0 Å². The van der Waals surface area contributed by atoms with Gasteiger partial charge in [0.2, 0.25) is 0 Å². The van der Waals surface area contributed by atoms with Gasteiger partial charge in [-0.1, -0.05) is 25.2 Å². The summed E-state index contributed by atoms with van der Waals surface area (Å²) >= 11 is 1.99. The third-order valence-electron chi connectivity index (χ3n) is 1.32. The van der Waals surface area contributed by atoms with Gasteiger partial charge in [-0.3, -0.25) is 0 Å². The zero-order valence-electron chi connectivity index (χ0n) is 5.76. The second-order valence-electron chi connectivity index (χ2n) is 2.05. The Morgan fingerprint density at radius 1 is 1.67 bits per heavy atom. The van der Waals surface area contributed by atoms with Crippen LogP contribution in [-0.4, -0.2) is 11.5 Å². The van der Waals surface area contributed by atoms with Gasteiger partial charge in [0.05, 0.1) is 0 Å². The molecule has 0 aliphatic heterocycles. The van der Waals surface area contributed by atoms with E-state index < -0.39 is 0 Å². The fraction of sp³-hybridized carbons (Fsp3) is 0.500. The van der Waals surface area contributed by atoms with E-state index in [4.69, 9.17) is 0 Å². The first kappa shape index (κ1) is 6.94. The van der Waals surface area contributed by atoms with Crippen LogP contribution in [-0.2, 0) is 0 Å². The van der Waals surface area contributed by atoms with Crippen molar-refractivity contribution in [3.63, 3.8) is 0 Å². The van der Waals surface area contributed by atoms with E-state index >= 15 is 0 Å². The Morgan fingerprint density at radius 3 is 3.11 bits per heavy atom. The molecule has 0 aromatic heterocycles. The minimum absolute atomic E-state index is 1.15. The zero-order chi connectivity index (χ0) is 6.53. The molecule has 0 unspecified atom stereocenters. The number of allylic oxidation sites excluding steroid dienone is 3. The maximum absolute atomic E-state index is 2.29. The average Bonchev–Trinajstić information content (AvgIpc) is 2.34. The Bertz CT molecular complexity index is 134. The van der Waals surface area contributed by atoms with Crippen molar-refractivity contribution < 1.29 is 0 Å². The fourth-order valence-electron chi connectivity index (χ4n) is 0.834. The normalized spacial score (nSPS) is 16.3. The van der Waals surface area contributed by atoms with Crippen LogP contribution in [0.15, 0.2) is 23.8 Å². The van der Waals surface area contributed by atoms with E-state index in [1.807, 2.05) is 11.8 Å². The highest BCUT2D eigenvalue weighted by molar-refractivity contribution is 7.99. The molecule has 1 heteroatoms. The molecule has 0 bridgehead atoms. The Hall–Kier alpha value is -0.170. The molecular weight excluding hydrogens is 128 g/mol. The van der Waals surface area contributed by atoms with Crippen LogP contribution in [0.1, 0.15) is 13.3 Å². The lowest BCUT2D eigenvalue weighted by molar-refractivity contribution is 1.42. The van der Waals surface area contributed by atoms with Gasteiger partial charge >= 0.3 is 0 Å². The van der Waals surface area contributed by atoms with Gasteiger partial charge in [-0.15, -0.1) is 0 Å². The summed E-state index contributed by atoms with van der Waals surface area (Å²) < 4.78 is 0.